The number of aromatic nitrogens is 4. The van der Waals surface area contributed by atoms with Crippen molar-refractivity contribution in [1.29, 1.82) is 0 Å². The number of amides is 1. The van der Waals surface area contributed by atoms with Crippen LogP contribution < -0.4 is 5.32 Å². The summed E-state index contributed by atoms with van der Waals surface area (Å²) >= 11 is 5.93. The summed E-state index contributed by atoms with van der Waals surface area (Å²) < 4.78 is 3.81. The molecule has 0 bridgehead atoms. The fourth-order valence-corrected chi connectivity index (χ4v) is 2.93. The van der Waals surface area contributed by atoms with Crippen LogP contribution in [-0.4, -0.2) is 25.2 Å². The zero-order valence-electron chi connectivity index (χ0n) is 14.9. The number of nitrogens with zero attached hydrogens (tertiary/aromatic N) is 4. The van der Waals surface area contributed by atoms with Crippen molar-refractivity contribution in [2.75, 3.05) is 5.32 Å². The maximum atomic E-state index is 12.4. The molecule has 0 spiro atoms. The molecule has 0 aliphatic rings. The van der Waals surface area contributed by atoms with Crippen LogP contribution in [-0.2, 0) is 24.3 Å². The lowest BCUT2D eigenvalue weighted by atomic mass is 10.2. The molecule has 7 heteroatoms. The van der Waals surface area contributed by atoms with Crippen molar-refractivity contribution in [2.45, 2.75) is 39.8 Å². The second kappa shape index (κ2) is 8.19. The average Bonchev–Trinajstić information content (AvgIpc) is 3.23. The number of imidazole rings is 1. The molecule has 26 heavy (non-hydrogen) atoms. The number of hydrogen-bond acceptors (Lipinski definition) is 3. The largest absolute Gasteiger partial charge is 0.334 e. The van der Waals surface area contributed by atoms with E-state index in [1.807, 2.05) is 42.0 Å². The summed E-state index contributed by atoms with van der Waals surface area (Å²) in [5.41, 5.74) is 2.00. The maximum absolute atomic E-state index is 12.4. The van der Waals surface area contributed by atoms with Gasteiger partial charge in [-0.25, -0.2) is 9.67 Å². The van der Waals surface area contributed by atoms with E-state index in [-0.39, 0.29) is 5.91 Å². The van der Waals surface area contributed by atoms with E-state index >= 15 is 0 Å². The molecule has 0 aliphatic carbocycles. The molecule has 0 atom stereocenters. The van der Waals surface area contributed by atoms with Gasteiger partial charge in [0, 0.05) is 42.4 Å². The van der Waals surface area contributed by atoms with E-state index in [4.69, 9.17) is 11.6 Å². The van der Waals surface area contributed by atoms with Gasteiger partial charge in [-0.2, -0.15) is 5.10 Å². The van der Waals surface area contributed by atoms with E-state index < -0.39 is 0 Å². The van der Waals surface area contributed by atoms with Gasteiger partial charge in [-0.1, -0.05) is 30.7 Å². The van der Waals surface area contributed by atoms with Crippen LogP contribution in [0.15, 0.2) is 42.9 Å². The minimum absolute atomic E-state index is 0.0401. The van der Waals surface area contributed by atoms with Crippen LogP contribution >= 0.6 is 11.6 Å². The van der Waals surface area contributed by atoms with E-state index in [1.54, 1.807) is 17.1 Å². The molecule has 6 nitrogen and oxygen atoms in total. The van der Waals surface area contributed by atoms with E-state index in [9.17, 15) is 4.79 Å². The Labute approximate surface area is 157 Å². The summed E-state index contributed by atoms with van der Waals surface area (Å²) in [6, 6.07) is 7.61. The van der Waals surface area contributed by atoms with Gasteiger partial charge in [-0.3, -0.25) is 4.79 Å². The normalized spacial score (nSPS) is 10.9. The van der Waals surface area contributed by atoms with Crippen LogP contribution in [0.2, 0.25) is 5.02 Å². The first-order valence-electron chi connectivity index (χ1n) is 8.63. The second-order valence-corrected chi connectivity index (χ2v) is 6.59. The first-order valence-corrected chi connectivity index (χ1v) is 9.01. The number of nitrogens with one attached hydrogen (secondary N) is 1. The van der Waals surface area contributed by atoms with Crippen molar-refractivity contribution in [3.63, 3.8) is 0 Å². The molecule has 0 radical (unpaired) electrons. The Morgan fingerprint density at radius 1 is 1.27 bits per heavy atom. The van der Waals surface area contributed by atoms with Crippen LogP contribution in [0.5, 0.6) is 0 Å². The summed E-state index contributed by atoms with van der Waals surface area (Å²) in [5.74, 6) is 1.68. The highest BCUT2D eigenvalue weighted by molar-refractivity contribution is 6.30. The first-order chi connectivity index (χ1) is 12.6. The third-order valence-electron chi connectivity index (χ3n) is 4.22. The molecule has 3 rings (SSSR count). The Kier molecular flexibility index (Phi) is 5.73. The summed E-state index contributed by atoms with van der Waals surface area (Å²) in [7, 11) is 0. The highest BCUT2D eigenvalue weighted by Gasteiger charge is 2.12. The van der Waals surface area contributed by atoms with Crippen LogP contribution in [0.25, 0.3) is 0 Å². The Hall–Kier alpha value is -2.60. The molecule has 0 aliphatic heterocycles. The Bertz CT molecular complexity index is 882. The fraction of sp³-hybridized carbons (Fsp3) is 0.316. The minimum atomic E-state index is -0.0401. The van der Waals surface area contributed by atoms with Crippen LogP contribution in [0, 0.1) is 6.92 Å². The van der Waals surface area contributed by atoms with Gasteiger partial charge in [0.25, 0.3) is 0 Å². The van der Waals surface area contributed by atoms with Crippen molar-refractivity contribution >= 4 is 23.3 Å². The number of carbonyl (C=O) groups excluding carboxylic acids is 1. The number of hydrogen-bond donors (Lipinski definition) is 1. The van der Waals surface area contributed by atoms with Crippen molar-refractivity contribution < 1.29 is 4.79 Å². The van der Waals surface area contributed by atoms with Crippen LogP contribution in [0.4, 0.5) is 5.82 Å². The lowest BCUT2D eigenvalue weighted by Gasteiger charge is -2.11. The number of rotatable bonds is 7. The highest BCUT2D eigenvalue weighted by atomic mass is 35.5. The molecule has 136 valence electrons. The molecule has 2 heterocycles. The molecule has 0 saturated carbocycles. The Balaban J connectivity index is 1.64. The number of halogens is 1. The zero-order chi connectivity index (χ0) is 18.5. The third kappa shape index (κ3) is 4.32. The summed E-state index contributed by atoms with van der Waals surface area (Å²) in [6.45, 7) is 5.17. The molecule has 2 aromatic heterocycles. The minimum Gasteiger partial charge on any atom is -0.334 e. The number of aryl methyl sites for hydroxylation is 3. The molecule has 0 unspecified atom stereocenters. The van der Waals surface area contributed by atoms with Crippen molar-refractivity contribution in [2.24, 2.45) is 0 Å². The molecule has 1 aromatic carbocycles. The molecule has 1 N–H and O–H groups in total. The van der Waals surface area contributed by atoms with Gasteiger partial charge in [0.1, 0.15) is 11.6 Å². The van der Waals surface area contributed by atoms with Gasteiger partial charge in [-0.15, -0.1) is 0 Å². The molecular formula is C19H22ClN5O. The second-order valence-electron chi connectivity index (χ2n) is 6.15. The van der Waals surface area contributed by atoms with Crippen LogP contribution in [0.1, 0.15) is 30.3 Å². The number of anilines is 1. The lowest BCUT2D eigenvalue weighted by Crippen LogP contribution is -2.18. The SMILES string of the molecule is CCc1nccn1CCC(=O)Nc1c(C)cnn1Cc1ccc(Cl)cc1. The highest BCUT2D eigenvalue weighted by Crippen LogP contribution is 2.17. The van der Waals surface area contributed by atoms with Gasteiger partial charge >= 0.3 is 0 Å². The van der Waals surface area contributed by atoms with Gasteiger partial charge in [0.2, 0.25) is 5.91 Å². The topological polar surface area (TPSA) is 64.7 Å². The van der Waals surface area contributed by atoms with Crippen molar-refractivity contribution in [3.05, 3.63) is 64.8 Å². The molecule has 0 fully saturated rings. The van der Waals surface area contributed by atoms with E-state index in [0.29, 0.717) is 24.5 Å². The molecule has 0 saturated heterocycles. The Morgan fingerprint density at radius 3 is 2.77 bits per heavy atom. The predicted molar refractivity (Wildman–Crippen MR) is 102 cm³/mol. The smallest absolute Gasteiger partial charge is 0.227 e. The van der Waals surface area contributed by atoms with Crippen molar-refractivity contribution in [1.82, 2.24) is 19.3 Å². The number of carbonyl (C=O) groups is 1. The van der Waals surface area contributed by atoms with Gasteiger partial charge < -0.3 is 9.88 Å². The molecular weight excluding hydrogens is 350 g/mol. The van der Waals surface area contributed by atoms with Crippen LogP contribution in [0.3, 0.4) is 0 Å². The first kappa shape index (κ1) is 18.2. The maximum Gasteiger partial charge on any atom is 0.227 e. The quantitative estimate of drug-likeness (QED) is 0.689. The molecule has 3 aromatic rings. The monoisotopic (exact) mass is 371 g/mol. The average molecular weight is 372 g/mol. The number of benzene rings is 1. The van der Waals surface area contributed by atoms with Gasteiger partial charge in [0.15, 0.2) is 0 Å². The summed E-state index contributed by atoms with van der Waals surface area (Å²) in [4.78, 5) is 16.7. The fourth-order valence-electron chi connectivity index (χ4n) is 2.80. The lowest BCUT2D eigenvalue weighted by molar-refractivity contribution is -0.116. The Morgan fingerprint density at radius 2 is 2.04 bits per heavy atom. The van der Waals surface area contributed by atoms with Gasteiger partial charge in [-0.05, 0) is 24.6 Å². The molecule has 1 amide bonds. The summed E-state index contributed by atoms with van der Waals surface area (Å²) in [6.07, 6.45) is 6.66. The predicted octanol–water partition coefficient (Wildman–Crippen LogP) is 3.68. The standard InChI is InChI=1S/C19H22ClN5O/c1-3-17-21-9-11-24(17)10-8-18(26)23-19-14(2)12-22-25(19)13-15-4-6-16(20)7-5-15/h4-7,9,11-12H,3,8,10,13H2,1-2H3,(H,23,26). The zero-order valence-corrected chi connectivity index (χ0v) is 15.7. The third-order valence-corrected chi connectivity index (χ3v) is 4.48. The van der Waals surface area contributed by atoms with Crippen molar-refractivity contribution in [3.8, 4) is 0 Å². The summed E-state index contributed by atoms with van der Waals surface area (Å²) in [5, 5.41) is 8.07. The van der Waals surface area contributed by atoms with E-state index in [1.165, 1.54) is 0 Å². The van der Waals surface area contributed by atoms with Gasteiger partial charge in [0.05, 0.1) is 12.7 Å². The van der Waals surface area contributed by atoms with E-state index in [0.717, 1.165) is 29.2 Å². The van der Waals surface area contributed by atoms with E-state index in [2.05, 4.69) is 22.3 Å².